The number of halogens is 2. The van der Waals surface area contributed by atoms with Crippen molar-refractivity contribution in [2.75, 3.05) is 31.1 Å². The van der Waals surface area contributed by atoms with E-state index < -0.39 is 15.8 Å². The Balaban J connectivity index is 1.66. The highest BCUT2D eigenvalue weighted by Crippen LogP contribution is 2.22. The zero-order valence-corrected chi connectivity index (χ0v) is 14.5. The number of rotatable bonds is 4. The molecule has 0 aliphatic carbocycles. The van der Waals surface area contributed by atoms with E-state index in [1.807, 2.05) is 18.2 Å². The van der Waals surface area contributed by atoms with Gasteiger partial charge in [-0.3, -0.25) is 0 Å². The smallest absolute Gasteiger partial charge is 0.218 e. The molecule has 0 saturated carbocycles. The predicted octanol–water partition coefficient (Wildman–Crippen LogP) is 2.53. The molecule has 0 N–H and O–H groups in total. The van der Waals surface area contributed by atoms with E-state index in [9.17, 15) is 12.8 Å². The molecule has 24 heavy (non-hydrogen) atoms. The summed E-state index contributed by atoms with van der Waals surface area (Å²) >= 11 is 5.71. The first-order valence-corrected chi connectivity index (χ1v) is 9.52. The summed E-state index contributed by atoms with van der Waals surface area (Å²) < 4.78 is 40.4. The topological polar surface area (TPSA) is 53.5 Å². The Morgan fingerprint density at radius 2 is 1.79 bits per heavy atom. The molecule has 0 amide bonds. The van der Waals surface area contributed by atoms with Gasteiger partial charge in [-0.1, -0.05) is 41.9 Å². The number of sulfonamides is 1. The molecule has 1 aromatic heterocycles. The third-order valence-corrected chi connectivity index (χ3v) is 5.97. The Labute approximate surface area is 145 Å². The molecule has 1 saturated heterocycles. The van der Waals surface area contributed by atoms with Crippen molar-refractivity contribution in [3.63, 3.8) is 0 Å². The largest absolute Gasteiger partial charge is 0.352 e. The Bertz CT molecular complexity index is 809. The third-order valence-electron chi connectivity index (χ3n) is 3.91. The van der Waals surface area contributed by atoms with Crippen LogP contribution >= 0.6 is 11.6 Å². The van der Waals surface area contributed by atoms with Gasteiger partial charge in [0, 0.05) is 32.4 Å². The van der Waals surface area contributed by atoms with E-state index in [1.165, 1.54) is 16.6 Å². The lowest BCUT2D eigenvalue weighted by Crippen LogP contribution is -2.49. The highest BCUT2D eigenvalue weighted by Gasteiger charge is 2.28. The summed E-state index contributed by atoms with van der Waals surface area (Å²) in [6.45, 7) is 1.39. The molecule has 0 radical (unpaired) electrons. The van der Waals surface area contributed by atoms with Crippen LogP contribution in [0.4, 0.5) is 10.2 Å². The quantitative estimate of drug-likeness (QED) is 0.831. The maximum atomic E-state index is 13.9. The fourth-order valence-electron chi connectivity index (χ4n) is 2.69. The highest BCUT2D eigenvalue weighted by atomic mass is 35.5. The van der Waals surface area contributed by atoms with Crippen LogP contribution in [0.2, 0.25) is 5.02 Å². The first kappa shape index (κ1) is 17.1. The maximum absolute atomic E-state index is 13.9. The molecule has 1 fully saturated rings. The van der Waals surface area contributed by atoms with Crippen molar-refractivity contribution >= 4 is 27.4 Å². The Kier molecular flexibility index (Phi) is 5.03. The van der Waals surface area contributed by atoms with E-state index >= 15 is 0 Å². The van der Waals surface area contributed by atoms with Crippen molar-refractivity contribution in [1.82, 2.24) is 9.29 Å². The molecular formula is C16H17ClFN3O2S. The molecule has 0 bridgehead atoms. The number of pyridine rings is 1. The van der Waals surface area contributed by atoms with Crippen molar-refractivity contribution in [2.24, 2.45) is 0 Å². The van der Waals surface area contributed by atoms with Crippen LogP contribution in [0, 0.1) is 5.82 Å². The average Bonchev–Trinajstić information content (AvgIpc) is 2.55. The van der Waals surface area contributed by atoms with Gasteiger partial charge < -0.3 is 4.90 Å². The van der Waals surface area contributed by atoms with Crippen LogP contribution in [0.3, 0.4) is 0 Å². The number of hydrogen-bond acceptors (Lipinski definition) is 4. The SMILES string of the molecule is O=S(=O)(Cc1ccccc1)N1CCN(c2ncc(Cl)cc2F)CC1. The second-order valence-electron chi connectivity index (χ2n) is 5.59. The third kappa shape index (κ3) is 3.85. The van der Waals surface area contributed by atoms with Crippen molar-refractivity contribution in [3.05, 3.63) is 59.0 Å². The molecule has 128 valence electrons. The van der Waals surface area contributed by atoms with Crippen LogP contribution in [0.25, 0.3) is 0 Å². The van der Waals surface area contributed by atoms with Gasteiger partial charge in [0.25, 0.3) is 0 Å². The molecule has 1 aliphatic rings. The number of nitrogens with zero attached hydrogens (tertiary/aromatic N) is 3. The molecule has 1 aliphatic heterocycles. The van der Waals surface area contributed by atoms with E-state index in [2.05, 4.69) is 4.98 Å². The van der Waals surface area contributed by atoms with Gasteiger partial charge in [-0.15, -0.1) is 0 Å². The minimum atomic E-state index is -3.39. The van der Waals surface area contributed by atoms with E-state index in [4.69, 9.17) is 11.6 Å². The van der Waals surface area contributed by atoms with Crippen LogP contribution < -0.4 is 4.90 Å². The fourth-order valence-corrected chi connectivity index (χ4v) is 4.35. The van der Waals surface area contributed by atoms with Gasteiger partial charge in [0.15, 0.2) is 11.6 Å². The Morgan fingerprint density at radius 3 is 2.42 bits per heavy atom. The van der Waals surface area contributed by atoms with Gasteiger partial charge >= 0.3 is 0 Å². The number of piperazine rings is 1. The standard InChI is InChI=1S/C16H17ClFN3O2S/c17-14-10-15(18)16(19-11-14)20-6-8-21(9-7-20)24(22,23)12-13-4-2-1-3-5-13/h1-5,10-11H,6-9,12H2. The summed E-state index contributed by atoms with van der Waals surface area (Å²) in [7, 11) is -3.39. The average molecular weight is 370 g/mol. The van der Waals surface area contributed by atoms with E-state index in [-0.39, 0.29) is 16.6 Å². The molecule has 1 aromatic carbocycles. The normalized spacial score (nSPS) is 16.3. The first-order valence-electron chi connectivity index (χ1n) is 7.53. The second-order valence-corrected chi connectivity index (χ2v) is 7.99. The number of aromatic nitrogens is 1. The number of hydrogen-bond donors (Lipinski definition) is 0. The molecule has 3 rings (SSSR count). The summed E-state index contributed by atoms with van der Waals surface area (Å²) in [5.41, 5.74) is 0.755. The zero-order valence-electron chi connectivity index (χ0n) is 12.9. The molecular weight excluding hydrogens is 353 g/mol. The van der Waals surface area contributed by atoms with Gasteiger partial charge in [-0.2, -0.15) is 4.31 Å². The summed E-state index contributed by atoms with van der Waals surface area (Å²) in [4.78, 5) is 5.74. The fraction of sp³-hybridized carbons (Fsp3) is 0.312. The Hall–Kier alpha value is -1.70. The van der Waals surface area contributed by atoms with Crippen molar-refractivity contribution in [2.45, 2.75) is 5.75 Å². The summed E-state index contributed by atoms with van der Waals surface area (Å²) in [5.74, 6) is -0.316. The molecule has 8 heteroatoms. The lowest BCUT2D eigenvalue weighted by Gasteiger charge is -2.34. The van der Waals surface area contributed by atoms with Crippen molar-refractivity contribution in [3.8, 4) is 0 Å². The predicted molar refractivity (Wildman–Crippen MR) is 92.1 cm³/mol. The zero-order chi connectivity index (χ0) is 17.2. The van der Waals surface area contributed by atoms with Crippen LogP contribution in [-0.2, 0) is 15.8 Å². The van der Waals surface area contributed by atoms with E-state index in [0.29, 0.717) is 26.2 Å². The van der Waals surface area contributed by atoms with Gasteiger partial charge in [0.1, 0.15) is 0 Å². The lowest BCUT2D eigenvalue weighted by atomic mass is 10.2. The van der Waals surface area contributed by atoms with E-state index in [1.54, 1.807) is 17.0 Å². The van der Waals surface area contributed by atoms with E-state index in [0.717, 1.165) is 5.56 Å². The number of benzene rings is 1. The van der Waals surface area contributed by atoms with Crippen molar-refractivity contribution < 1.29 is 12.8 Å². The van der Waals surface area contributed by atoms with Gasteiger partial charge in [-0.05, 0) is 11.6 Å². The maximum Gasteiger partial charge on any atom is 0.218 e. The van der Waals surface area contributed by atoms with Gasteiger partial charge in [0.2, 0.25) is 10.0 Å². The van der Waals surface area contributed by atoms with Crippen LogP contribution in [0.1, 0.15) is 5.56 Å². The molecule has 0 spiro atoms. The van der Waals surface area contributed by atoms with Crippen molar-refractivity contribution in [1.29, 1.82) is 0 Å². The van der Waals surface area contributed by atoms with Crippen LogP contribution in [-0.4, -0.2) is 43.9 Å². The minimum absolute atomic E-state index is 0.0264. The Morgan fingerprint density at radius 1 is 1.12 bits per heavy atom. The summed E-state index contributed by atoms with van der Waals surface area (Å²) in [5, 5.41) is 0.236. The summed E-state index contributed by atoms with van der Waals surface area (Å²) in [6.07, 6.45) is 1.39. The minimum Gasteiger partial charge on any atom is -0.352 e. The molecule has 5 nitrogen and oxygen atoms in total. The lowest BCUT2D eigenvalue weighted by molar-refractivity contribution is 0.381. The molecule has 2 aromatic rings. The van der Waals surface area contributed by atoms with Gasteiger partial charge in [0.05, 0.1) is 10.8 Å². The summed E-state index contributed by atoms with van der Waals surface area (Å²) in [6, 6.07) is 10.3. The molecule has 0 unspecified atom stereocenters. The monoisotopic (exact) mass is 369 g/mol. The molecule has 0 atom stereocenters. The first-order chi connectivity index (χ1) is 11.5. The van der Waals surface area contributed by atoms with Crippen LogP contribution in [0.5, 0.6) is 0 Å². The second kappa shape index (κ2) is 7.04. The van der Waals surface area contributed by atoms with Crippen LogP contribution in [0.15, 0.2) is 42.6 Å². The molecule has 2 heterocycles. The van der Waals surface area contributed by atoms with Gasteiger partial charge in [-0.25, -0.2) is 17.8 Å². The highest BCUT2D eigenvalue weighted by molar-refractivity contribution is 7.88. The number of anilines is 1.